The lowest BCUT2D eigenvalue weighted by atomic mass is 10.2. The average Bonchev–Trinajstić information content (AvgIpc) is 2.80. The third-order valence-corrected chi connectivity index (χ3v) is 3.44. The summed E-state index contributed by atoms with van der Waals surface area (Å²) in [6, 6.07) is 5.92. The molecule has 0 bridgehead atoms. The van der Waals surface area contributed by atoms with Crippen molar-refractivity contribution in [2.75, 3.05) is 6.54 Å². The lowest BCUT2D eigenvalue weighted by molar-refractivity contribution is 0.484. The van der Waals surface area contributed by atoms with E-state index in [2.05, 4.69) is 45.3 Å². The van der Waals surface area contributed by atoms with E-state index in [1.165, 1.54) is 0 Å². The summed E-state index contributed by atoms with van der Waals surface area (Å²) >= 11 is 9.42. The second kappa shape index (κ2) is 6.50. The SMILES string of the molecule is CC(C)NCCc1nnc(-c2cc(Cl)ccc2Br)o1. The molecule has 0 fully saturated rings. The molecule has 2 aromatic rings. The fourth-order valence-corrected chi connectivity index (χ4v) is 2.18. The topological polar surface area (TPSA) is 51.0 Å². The van der Waals surface area contributed by atoms with Crippen molar-refractivity contribution in [2.24, 2.45) is 0 Å². The van der Waals surface area contributed by atoms with Crippen LogP contribution in [0.4, 0.5) is 0 Å². The molecule has 0 saturated carbocycles. The first kappa shape index (κ1) is 14.5. The maximum Gasteiger partial charge on any atom is 0.248 e. The Morgan fingerprint density at radius 2 is 2.16 bits per heavy atom. The molecule has 0 spiro atoms. The van der Waals surface area contributed by atoms with Gasteiger partial charge in [0.05, 0.1) is 5.56 Å². The van der Waals surface area contributed by atoms with Crippen molar-refractivity contribution >= 4 is 27.5 Å². The van der Waals surface area contributed by atoms with Gasteiger partial charge >= 0.3 is 0 Å². The van der Waals surface area contributed by atoms with Crippen molar-refractivity contribution < 1.29 is 4.42 Å². The molecule has 19 heavy (non-hydrogen) atoms. The van der Waals surface area contributed by atoms with Crippen molar-refractivity contribution in [3.05, 3.63) is 33.6 Å². The fraction of sp³-hybridized carbons (Fsp3) is 0.385. The summed E-state index contributed by atoms with van der Waals surface area (Å²) in [5.41, 5.74) is 0.808. The first-order valence-corrected chi connectivity index (χ1v) is 7.24. The quantitative estimate of drug-likeness (QED) is 0.898. The van der Waals surface area contributed by atoms with Crippen molar-refractivity contribution in [2.45, 2.75) is 26.3 Å². The van der Waals surface area contributed by atoms with Crippen LogP contribution in [0.2, 0.25) is 5.02 Å². The monoisotopic (exact) mass is 343 g/mol. The number of aromatic nitrogens is 2. The van der Waals surface area contributed by atoms with Crippen LogP contribution in [0.5, 0.6) is 0 Å². The Balaban J connectivity index is 2.10. The average molecular weight is 345 g/mol. The van der Waals surface area contributed by atoms with Crippen LogP contribution in [0.3, 0.4) is 0 Å². The minimum Gasteiger partial charge on any atom is -0.421 e. The van der Waals surface area contributed by atoms with E-state index in [-0.39, 0.29) is 0 Å². The first-order chi connectivity index (χ1) is 9.06. The van der Waals surface area contributed by atoms with Crippen LogP contribution >= 0.6 is 27.5 Å². The van der Waals surface area contributed by atoms with Crippen LogP contribution < -0.4 is 5.32 Å². The van der Waals surface area contributed by atoms with Crippen LogP contribution in [-0.2, 0) is 6.42 Å². The molecule has 0 aliphatic carbocycles. The predicted molar refractivity (Wildman–Crippen MR) is 79.3 cm³/mol. The summed E-state index contributed by atoms with van der Waals surface area (Å²) < 4.78 is 6.52. The minimum absolute atomic E-state index is 0.449. The molecule has 0 amide bonds. The number of hydrogen-bond donors (Lipinski definition) is 1. The van der Waals surface area contributed by atoms with E-state index in [4.69, 9.17) is 16.0 Å². The van der Waals surface area contributed by atoms with E-state index in [1.54, 1.807) is 12.1 Å². The molecular formula is C13H15BrClN3O. The van der Waals surface area contributed by atoms with E-state index in [1.807, 2.05) is 6.07 Å². The standard InChI is InChI=1S/C13H15BrClN3O/c1-8(2)16-6-5-12-17-18-13(19-12)10-7-9(15)3-4-11(10)14/h3-4,7-8,16H,5-6H2,1-2H3. The summed E-state index contributed by atoms with van der Waals surface area (Å²) in [6.07, 6.45) is 0.712. The summed E-state index contributed by atoms with van der Waals surface area (Å²) in [5, 5.41) is 12.0. The predicted octanol–water partition coefficient (Wildman–Crippen LogP) is 3.69. The molecule has 102 valence electrons. The van der Waals surface area contributed by atoms with Gasteiger partial charge < -0.3 is 9.73 Å². The summed E-state index contributed by atoms with van der Waals surface area (Å²) in [7, 11) is 0. The molecule has 0 saturated heterocycles. The molecule has 0 aliphatic heterocycles. The highest BCUT2D eigenvalue weighted by atomic mass is 79.9. The number of hydrogen-bond acceptors (Lipinski definition) is 4. The molecule has 2 rings (SSSR count). The molecule has 4 nitrogen and oxygen atoms in total. The Morgan fingerprint density at radius 3 is 2.89 bits per heavy atom. The van der Waals surface area contributed by atoms with E-state index < -0.39 is 0 Å². The van der Waals surface area contributed by atoms with Crippen LogP contribution in [0.15, 0.2) is 27.1 Å². The summed E-state index contributed by atoms with van der Waals surface area (Å²) in [5.74, 6) is 1.10. The van der Waals surface area contributed by atoms with Gasteiger partial charge in [-0.15, -0.1) is 10.2 Å². The Morgan fingerprint density at radius 1 is 1.37 bits per heavy atom. The third kappa shape index (κ3) is 4.03. The maximum atomic E-state index is 5.97. The Bertz CT molecular complexity index is 557. The molecule has 0 aliphatic rings. The van der Waals surface area contributed by atoms with Gasteiger partial charge in [-0.25, -0.2) is 0 Å². The lowest BCUT2D eigenvalue weighted by Gasteiger charge is -2.04. The van der Waals surface area contributed by atoms with Gasteiger partial charge in [0, 0.05) is 28.5 Å². The zero-order valence-corrected chi connectivity index (χ0v) is 13.1. The minimum atomic E-state index is 0.449. The van der Waals surface area contributed by atoms with Gasteiger partial charge in [-0.05, 0) is 34.1 Å². The van der Waals surface area contributed by atoms with E-state index >= 15 is 0 Å². The van der Waals surface area contributed by atoms with Crippen molar-refractivity contribution in [1.29, 1.82) is 0 Å². The van der Waals surface area contributed by atoms with Crippen LogP contribution in [0, 0.1) is 0 Å². The molecular weight excluding hydrogens is 330 g/mol. The van der Waals surface area contributed by atoms with Crippen LogP contribution in [0.1, 0.15) is 19.7 Å². The second-order valence-corrected chi connectivity index (χ2v) is 5.77. The van der Waals surface area contributed by atoms with Gasteiger partial charge in [-0.3, -0.25) is 0 Å². The molecule has 1 N–H and O–H groups in total. The van der Waals surface area contributed by atoms with E-state index in [0.717, 1.165) is 16.6 Å². The molecule has 1 heterocycles. The molecule has 0 unspecified atom stereocenters. The van der Waals surface area contributed by atoms with Crippen LogP contribution in [-0.4, -0.2) is 22.8 Å². The second-order valence-electron chi connectivity index (χ2n) is 4.48. The zero-order chi connectivity index (χ0) is 13.8. The highest BCUT2D eigenvalue weighted by Crippen LogP contribution is 2.29. The molecule has 0 radical (unpaired) electrons. The number of benzene rings is 1. The van der Waals surface area contributed by atoms with Gasteiger partial charge in [0.1, 0.15) is 0 Å². The first-order valence-electron chi connectivity index (χ1n) is 6.07. The highest BCUT2D eigenvalue weighted by Gasteiger charge is 2.12. The Kier molecular flexibility index (Phi) is 4.96. The maximum absolute atomic E-state index is 5.97. The molecule has 0 atom stereocenters. The molecule has 1 aromatic carbocycles. The van der Waals surface area contributed by atoms with E-state index in [0.29, 0.717) is 29.3 Å². The van der Waals surface area contributed by atoms with Gasteiger partial charge in [0.15, 0.2) is 0 Å². The van der Waals surface area contributed by atoms with E-state index in [9.17, 15) is 0 Å². The van der Waals surface area contributed by atoms with Gasteiger partial charge in [0.2, 0.25) is 11.8 Å². The summed E-state index contributed by atoms with van der Waals surface area (Å²) in [4.78, 5) is 0. The third-order valence-electron chi connectivity index (χ3n) is 2.52. The zero-order valence-electron chi connectivity index (χ0n) is 10.8. The molecule has 6 heteroatoms. The number of halogens is 2. The number of nitrogens with one attached hydrogen (secondary N) is 1. The summed E-state index contributed by atoms with van der Waals surface area (Å²) in [6.45, 7) is 5.01. The van der Waals surface area contributed by atoms with Crippen molar-refractivity contribution in [1.82, 2.24) is 15.5 Å². The Hall–Kier alpha value is -0.910. The van der Waals surface area contributed by atoms with Crippen LogP contribution in [0.25, 0.3) is 11.5 Å². The van der Waals surface area contributed by atoms with Gasteiger partial charge in [0.25, 0.3) is 0 Å². The highest BCUT2D eigenvalue weighted by molar-refractivity contribution is 9.10. The van der Waals surface area contributed by atoms with Crippen molar-refractivity contribution in [3.63, 3.8) is 0 Å². The molecule has 1 aromatic heterocycles. The lowest BCUT2D eigenvalue weighted by Crippen LogP contribution is -2.25. The van der Waals surface area contributed by atoms with Crippen molar-refractivity contribution in [3.8, 4) is 11.5 Å². The fourth-order valence-electron chi connectivity index (χ4n) is 1.59. The van der Waals surface area contributed by atoms with Gasteiger partial charge in [-0.1, -0.05) is 25.4 Å². The number of rotatable bonds is 5. The normalized spacial score (nSPS) is 11.2. The smallest absolute Gasteiger partial charge is 0.248 e. The largest absolute Gasteiger partial charge is 0.421 e. The number of nitrogens with zero attached hydrogens (tertiary/aromatic N) is 2. The Labute approximate surface area is 125 Å². The van der Waals surface area contributed by atoms with Gasteiger partial charge in [-0.2, -0.15) is 0 Å².